The number of unbranched alkanes of at least 4 members (excludes halogenated alkanes) is 24. The summed E-state index contributed by atoms with van der Waals surface area (Å²) in [7, 11) is 0. The molecule has 1 rings (SSSR count). The van der Waals surface area contributed by atoms with Crippen LogP contribution in [0.15, 0.2) is 9.98 Å². The average molecular weight is 544 g/mol. The SMILES string of the molecule is CCCCCCCCCCCCCCC(CCCCCCCCCCCCCC)CCCCC[C+]1N=CC=N1. The maximum Gasteiger partial charge on any atom is 0.240 e. The highest BCUT2D eigenvalue weighted by molar-refractivity contribution is 6.18. The molecule has 0 spiro atoms. The third kappa shape index (κ3) is 25.9. The molecule has 0 saturated heterocycles. The summed E-state index contributed by atoms with van der Waals surface area (Å²) in [4.78, 5) is 8.66. The van der Waals surface area contributed by atoms with Gasteiger partial charge in [-0.05, 0) is 12.3 Å². The highest BCUT2D eigenvalue weighted by Crippen LogP contribution is 2.26. The molecule has 0 saturated carbocycles. The van der Waals surface area contributed by atoms with Crippen molar-refractivity contribution in [1.82, 2.24) is 0 Å². The van der Waals surface area contributed by atoms with Gasteiger partial charge in [-0.2, -0.15) is 0 Å². The van der Waals surface area contributed by atoms with Crippen molar-refractivity contribution in [3.05, 3.63) is 6.17 Å². The summed E-state index contributed by atoms with van der Waals surface area (Å²) < 4.78 is 0. The molecule has 0 fully saturated rings. The molecule has 1 aliphatic rings. The largest absolute Gasteiger partial charge is 0.240 e. The molecule has 0 aromatic carbocycles. The highest BCUT2D eigenvalue weighted by atomic mass is 15.0. The van der Waals surface area contributed by atoms with Crippen LogP contribution in [-0.2, 0) is 0 Å². The Kier molecular flexibility index (Phi) is 28.0. The van der Waals surface area contributed by atoms with Gasteiger partial charge >= 0.3 is 0 Å². The molecule has 2 heteroatoms. The molecule has 2 nitrogen and oxygen atoms in total. The fourth-order valence-electron chi connectivity index (χ4n) is 6.28. The van der Waals surface area contributed by atoms with Crippen LogP contribution in [-0.4, -0.2) is 12.4 Å². The highest BCUT2D eigenvalue weighted by Gasteiger charge is 2.15. The van der Waals surface area contributed by atoms with E-state index in [1.54, 1.807) is 0 Å². The monoisotopic (exact) mass is 544 g/mol. The van der Waals surface area contributed by atoms with Gasteiger partial charge in [0, 0.05) is 0 Å². The van der Waals surface area contributed by atoms with Crippen LogP contribution in [0.25, 0.3) is 0 Å². The number of hydrogen-bond donors (Lipinski definition) is 0. The molecule has 0 atom stereocenters. The van der Waals surface area contributed by atoms with Crippen molar-refractivity contribution in [2.45, 2.75) is 213 Å². The van der Waals surface area contributed by atoms with Crippen molar-refractivity contribution >= 4 is 12.4 Å². The normalized spacial score (nSPS) is 12.9. The summed E-state index contributed by atoms with van der Waals surface area (Å²) in [5, 5.41) is 0. The summed E-state index contributed by atoms with van der Waals surface area (Å²) in [6, 6.07) is 0. The van der Waals surface area contributed by atoms with Gasteiger partial charge in [-0.15, -0.1) is 0 Å². The van der Waals surface area contributed by atoms with Crippen LogP contribution < -0.4 is 0 Å². The Balaban J connectivity index is 2.05. The molecule has 0 unspecified atom stereocenters. The summed E-state index contributed by atoms with van der Waals surface area (Å²) in [5.41, 5.74) is 0. The van der Waals surface area contributed by atoms with Gasteiger partial charge in [0.05, 0.1) is 6.42 Å². The predicted octanol–water partition coefficient (Wildman–Crippen LogP) is 13.4. The number of nitrogens with zero attached hydrogens (tertiary/aromatic N) is 2. The molecule has 0 bridgehead atoms. The Morgan fingerprint density at radius 1 is 0.385 bits per heavy atom. The molecule has 0 radical (unpaired) electrons. The van der Waals surface area contributed by atoms with Crippen LogP contribution in [0.4, 0.5) is 0 Å². The molecule has 1 heterocycles. The zero-order valence-corrected chi connectivity index (χ0v) is 27.0. The lowest BCUT2D eigenvalue weighted by molar-refractivity contribution is 0.366. The van der Waals surface area contributed by atoms with Gasteiger partial charge in [0.1, 0.15) is 0 Å². The maximum absolute atomic E-state index is 4.33. The van der Waals surface area contributed by atoms with Gasteiger partial charge in [-0.25, -0.2) is 0 Å². The standard InChI is InChI=1S/C37H71N2/c1-3-5-7-9-11-13-15-17-19-21-23-26-30-36(32-28-25-29-33-37-38-34-35-39-37)31-27-24-22-20-18-16-14-12-10-8-6-4-2/h34-36H,3-33H2,1-2H3/q+1. The lowest BCUT2D eigenvalue weighted by Gasteiger charge is -2.17. The van der Waals surface area contributed by atoms with E-state index in [9.17, 15) is 0 Å². The fourth-order valence-corrected chi connectivity index (χ4v) is 6.28. The van der Waals surface area contributed by atoms with Crippen LogP contribution >= 0.6 is 0 Å². The lowest BCUT2D eigenvalue weighted by Crippen LogP contribution is -2.02. The van der Waals surface area contributed by atoms with E-state index in [-0.39, 0.29) is 0 Å². The quantitative estimate of drug-likeness (QED) is 0.0595. The Hall–Kier alpha value is -0.790. The van der Waals surface area contributed by atoms with E-state index in [0.717, 1.165) is 18.5 Å². The van der Waals surface area contributed by atoms with E-state index >= 15 is 0 Å². The molecule has 228 valence electrons. The van der Waals surface area contributed by atoms with Crippen molar-refractivity contribution in [3.8, 4) is 0 Å². The molecule has 0 N–H and O–H groups in total. The second-order valence-electron chi connectivity index (χ2n) is 12.8. The molecule has 1 aliphatic heterocycles. The summed E-state index contributed by atoms with van der Waals surface area (Å²) >= 11 is 0. The third-order valence-electron chi connectivity index (χ3n) is 8.96. The fraction of sp³-hybridized carbons (Fsp3) is 0.919. The summed E-state index contributed by atoms with van der Waals surface area (Å²) in [5.74, 6) is 0.978. The van der Waals surface area contributed by atoms with Crippen molar-refractivity contribution in [2.75, 3.05) is 0 Å². The third-order valence-corrected chi connectivity index (χ3v) is 8.96. The molecule has 0 aromatic heterocycles. The molecule has 0 aromatic rings. The first-order valence-electron chi connectivity index (χ1n) is 18.3. The first-order valence-corrected chi connectivity index (χ1v) is 18.3. The number of aliphatic imine (C=N–C) groups is 2. The van der Waals surface area contributed by atoms with Gasteiger partial charge in [0.2, 0.25) is 6.17 Å². The van der Waals surface area contributed by atoms with Crippen LogP contribution in [0, 0.1) is 12.1 Å². The minimum absolute atomic E-state index is 0.978. The Bertz CT molecular complexity index is 486. The van der Waals surface area contributed by atoms with Crippen LogP contribution in [0.5, 0.6) is 0 Å². The molecule has 0 amide bonds. The van der Waals surface area contributed by atoms with Gasteiger partial charge in [-0.3, -0.25) is 0 Å². The van der Waals surface area contributed by atoms with E-state index in [4.69, 9.17) is 0 Å². The first-order chi connectivity index (χ1) is 19.4. The molecule has 39 heavy (non-hydrogen) atoms. The maximum atomic E-state index is 4.33. The Morgan fingerprint density at radius 2 is 0.667 bits per heavy atom. The minimum Gasteiger partial charge on any atom is -0.0968 e. The van der Waals surface area contributed by atoms with Crippen LogP contribution in [0.2, 0.25) is 0 Å². The topological polar surface area (TPSA) is 24.7 Å². The van der Waals surface area contributed by atoms with Crippen LogP contribution in [0.3, 0.4) is 0 Å². The van der Waals surface area contributed by atoms with Crippen molar-refractivity contribution in [3.63, 3.8) is 0 Å². The van der Waals surface area contributed by atoms with E-state index < -0.39 is 0 Å². The first kappa shape index (κ1) is 36.2. The summed E-state index contributed by atoms with van der Waals surface area (Å²) in [6.45, 7) is 4.62. The van der Waals surface area contributed by atoms with Crippen molar-refractivity contribution < 1.29 is 0 Å². The van der Waals surface area contributed by atoms with E-state index in [1.165, 1.54) is 193 Å². The molecular formula is C37H71N2+. The van der Waals surface area contributed by atoms with E-state index in [2.05, 4.69) is 23.8 Å². The van der Waals surface area contributed by atoms with Gasteiger partial charge in [0.25, 0.3) is 0 Å². The van der Waals surface area contributed by atoms with Gasteiger partial charge in [0.15, 0.2) is 12.4 Å². The van der Waals surface area contributed by atoms with Gasteiger partial charge < -0.3 is 0 Å². The predicted molar refractivity (Wildman–Crippen MR) is 178 cm³/mol. The smallest absolute Gasteiger partial charge is 0.0968 e. The van der Waals surface area contributed by atoms with Crippen molar-refractivity contribution in [1.29, 1.82) is 0 Å². The number of rotatable bonds is 32. The second-order valence-corrected chi connectivity index (χ2v) is 12.8. The second kappa shape index (κ2) is 30.2. The molecular weight excluding hydrogens is 472 g/mol. The van der Waals surface area contributed by atoms with E-state index in [1.807, 2.05) is 12.4 Å². The Labute approximate surface area is 247 Å². The zero-order valence-electron chi connectivity index (χ0n) is 27.0. The zero-order chi connectivity index (χ0) is 27.9. The average Bonchev–Trinajstić information content (AvgIpc) is 3.47. The number of hydrogen-bond acceptors (Lipinski definition) is 2. The lowest BCUT2D eigenvalue weighted by atomic mass is 9.89. The minimum atomic E-state index is 0.978. The summed E-state index contributed by atoms with van der Waals surface area (Å²) in [6.07, 6.45) is 49.2. The Morgan fingerprint density at radius 3 is 1.00 bits per heavy atom. The molecule has 0 aliphatic carbocycles. The van der Waals surface area contributed by atoms with Gasteiger partial charge in [-0.1, -0.05) is 210 Å². The van der Waals surface area contributed by atoms with E-state index in [0.29, 0.717) is 0 Å². The van der Waals surface area contributed by atoms with Crippen molar-refractivity contribution in [2.24, 2.45) is 15.9 Å². The van der Waals surface area contributed by atoms with Crippen LogP contribution in [0.1, 0.15) is 213 Å².